The minimum Gasteiger partial charge on any atom is -0.376 e. The van der Waals surface area contributed by atoms with Crippen LogP contribution < -0.4 is 0 Å². The van der Waals surface area contributed by atoms with Crippen molar-refractivity contribution in [2.45, 2.75) is 90.5 Å². The number of benzene rings is 1. The minimum atomic E-state index is 0.873. The molecule has 0 heterocycles. The van der Waals surface area contributed by atoms with Gasteiger partial charge in [0.25, 0.3) is 0 Å². The second kappa shape index (κ2) is 16.1. The van der Waals surface area contributed by atoms with Crippen LogP contribution in [0.2, 0.25) is 0 Å². The molecule has 0 radical (unpaired) electrons. The Hall–Kier alpha value is -0.860. The van der Waals surface area contributed by atoms with Gasteiger partial charge >= 0.3 is 0 Å². The number of hydrogen-bond donors (Lipinski definition) is 0. The summed E-state index contributed by atoms with van der Waals surface area (Å²) in [5.41, 5.74) is 1.41. The van der Waals surface area contributed by atoms with Crippen LogP contribution in [0, 0.1) is 0 Å². The molecule has 0 aliphatic carbocycles. The molecule has 0 N–H and O–H groups in total. The van der Waals surface area contributed by atoms with Gasteiger partial charge in [-0.15, -0.1) is 0 Å². The van der Waals surface area contributed by atoms with Gasteiger partial charge in [-0.05, 0) is 6.42 Å². The fourth-order valence-electron chi connectivity index (χ4n) is 3.62. The third-order valence-corrected chi connectivity index (χ3v) is 5.44. The van der Waals surface area contributed by atoms with Crippen molar-refractivity contribution >= 4 is 0 Å². The number of unbranched alkanes of at least 4 members (excludes halogenated alkanes) is 11. The zero-order chi connectivity index (χ0) is 19.6. The average Bonchev–Trinajstić information content (AvgIpc) is 2.65. The summed E-state index contributed by atoms with van der Waals surface area (Å²) in [6.45, 7) is 6.24. The smallest absolute Gasteiger partial charge is 0.104 e. The molecule has 156 valence electrons. The fraction of sp³-hybridized carbons (Fsp3) is 0.760. The zero-order valence-electron chi connectivity index (χ0n) is 18.6. The molecular weight excluding hydrogens is 330 g/mol. The van der Waals surface area contributed by atoms with E-state index in [0.717, 1.165) is 30.8 Å². The Labute approximate surface area is 169 Å². The van der Waals surface area contributed by atoms with Gasteiger partial charge in [0.1, 0.15) is 13.1 Å². The highest BCUT2D eigenvalue weighted by atomic mass is 16.5. The molecule has 0 aromatic heterocycles. The lowest BCUT2D eigenvalue weighted by molar-refractivity contribution is -0.904. The van der Waals surface area contributed by atoms with E-state index in [1.54, 1.807) is 0 Å². The standard InChI is InChI=1S/C25H46NO/c1-4-5-6-7-8-9-10-11-12-13-14-18-22-27-23-21-26(2,3)24-25-19-16-15-17-20-25/h15-17,19-20H,4-14,18,21-24H2,1-3H3/q+1. The van der Waals surface area contributed by atoms with Crippen LogP contribution in [0.3, 0.4) is 0 Å². The van der Waals surface area contributed by atoms with E-state index in [1.807, 2.05) is 0 Å². The topological polar surface area (TPSA) is 9.23 Å². The van der Waals surface area contributed by atoms with Crippen molar-refractivity contribution < 1.29 is 9.22 Å². The van der Waals surface area contributed by atoms with Gasteiger partial charge in [-0.3, -0.25) is 0 Å². The van der Waals surface area contributed by atoms with Gasteiger partial charge in [0.2, 0.25) is 0 Å². The van der Waals surface area contributed by atoms with Gasteiger partial charge < -0.3 is 9.22 Å². The second-order valence-corrected chi connectivity index (χ2v) is 8.80. The lowest BCUT2D eigenvalue weighted by atomic mass is 10.1. The zero-order valence-corrected chi connectivity index (χ0v) is 18.6. The van der Waals surface area contributed by atoms with Crippen molar-refractivity contribution in [2.24, 2.45) is 0 Å². The summed E-state index contributed by atoms with van der Waals surface area (Å²) < 4.78 is 6.87. The Kier molecular flexibility index (Phi) is 14.4. The third-order valence-electron chi connectivity index (χ3n) is 5.44. The summed E-state index contributed by atoms with van der Waals surface area (Å²) in [6.07, 6.45) is 16.8. The predicted octanol–water partition coefficient (Wildman–Crippen LogP) is 6.98. The number of quaternary nitrogens is 1. The van der Waals surface area contributed by atoms with Crippen LogP contribution in [0.15, 0.2) is 30.3 Å². The van der Waals surface area contributed by atoms with E-state index in [0.29, 0.717) is 0 Å². The molecule has 0 unspecified atom stereocenters. The van der Waals surface area contributed by atoms with Gasteiger partial charge in [-0.1, -0.05) is 108 Å². The van der Waals surface area contributed by atoms with E-state index < -0.39 is 0 Å². The predicted molar refractivity (Wildman–Crippen MR) is 119 cm³/mol. The van der Waals surface area contributed by atoms with Gasteiger partial charge in [-0.2, -0.15) is 0 Å². The molecule has 0 amide bonds. The summed E-state index contributed by atoms with van der Waals surface area (Å²) in [7, 11) is 4.58. The number of hydrogen-bond acceptors (Lipinski definition) is 1. The fourth-order valence-corrected chi connectivity index (χ4v) is 3.62. The molecule has 0 spiro atoms. The van der Waals surface area contributed by atoms with E-state index in [9.17, 15) is 0 Å². The Bertz CT molecular complexity index is 429. The maximum Gasteiger partial charge on any atom is 0.104 e. The van der Waals surface area contributed by atoms with E-state index >= 15 is 0 Å². The summed E-state index contributed by atoms with van der Waals surface area (Å²) in [6, 6.07) is 10.8. The van der Waals surface area contributed by atoms with E-state index in [4.69, 9.17) is 4.74 Å². The number of nitrogens with zero attached hydrogens (tertiary/aromatic N) is 1. The SMILES string of the molecule is CCCCCCCCCCCCCCOCC[N+](C)(C)Cc1ccccc1. The van der Waals surface area contributed by atoms with Gasteiger partial charge in [0.05, 0.1) is 20.7 Å². The summed E-state index contributed by atoms with van der Waals surface area (Å²) in [5.74, 6) is 0. The molecule has 1 aromatic rings. The van der Waals surface area contributed by atoms with Crippen molar-refractivity contribution in [3.05, 3.63) is 35.9 Å². The molecule has 0 saturated carbocycles. The molecule has 27 heavy (non-hydrogen) atoms. The van der Waals surface area contributed by atoms with Crippen molar-refractivity contribution in [1.29, 1.82) is 0 Å². The average molecular weight is 377 g/mol. The van der Waals surface area contributed by atoms with Crippen LogP contribution in [0.4, 0.5) is 0 Å². The second-order valence-electron chi connectivity index (χ2n) is 8.80. The molecule has 2 heteroatoms. The van der Waals surface area contributed by atoms with Crippen LogP contribution >= 0.6 is 0 Å². The first kappa shape index (κ1) is 24.2. The molecule has 1 rings (SSSR count). The first-order chi connectivity index (χ1) is 13.1. The highest BCUT2D eigenvalue weighted by Gasteiger charge is 2.15. The lowest BCUT2D eigenvalue weighted by Gasteiger charge is -2.29. The van der Waals surface area contributed by atoms with Crippen LogP contribution in [0.25, 0.3) is 0 Å². The summed E-state index contributed by atoms with van der Waals surface area (Å²) >= 11 is 0. The van der Waals surface area contributed by atoms with Crippen LogP contribution in [-0.2, 0) is 11.3 Å². The summed E-state index contributed by atoms with van der Waals surface area (Å²) in [4.78, 5) is 0. The Morgan fingerprint density at radius 1 is 0.667 bits per heavy atom. The maximum atomic E-state index is 5.88. The van der Waals surface area contributed by atoms with Gasteiger partial charge in [-0.25, -0.2) is 0 Å². The monoisotopic (exact) mass is 376 g/mol. The van der Waals surface area contributed by atoms with Gasteiger partial charge in [0, 0.05) is 12.2 Å². The quantitative estimate of drug-likeness (QED) is 0.198. The van der Waals surface area contributed by atoms with Crippen molar-refractivity contribution in [2.75, 3.05) is 33.9 Å². The highest BCUT2D eigenvalue weighted by Crippen LogP contribution is 2.12. The van der Waals surface area contributed by atoms with Crippen molar-refractivity contribution in [3.8, 4) is 0 Å². The molecule has 0 atom stereocenters. The van der Waals surface area contributed by atoms with E-state index in [-0.39, 0.29) is 0 Å². The number of likely N-dealkylation sites (N-methyl/N-ethyl adjacent to an activating group) is 1. The Balaban J connectivity index is 1.85. The van der Waals surface area contributed by atoms with Crippen LogP contribution in [0.5, 0.6) is 0 Å². The molecule has 1 aromatic carbocycles. The Morgan fingerprint density at radius 2 is 1.19 bits per heavy atom. The van der Waals surface area contributed by atoms with Crippen molar-refractivity contribution in [3.63, 3.8) is 0 Å². The third kappa shape index (κ3) is 14.8. The first-order valence-corrected chi connectivity index (χ1v) is 11.6. The molecule has 0 saturated heterocycles. The summed E-state index contributed by atoms with van der Waals surface area (Å²) in [5, 5.41) is 0. The van der Waals surface area contributed by atoms with Crippen molar-refractivity contribution in [1.82, 2.24) is 0 Å². The molecule has 0 aliphatic rings. The minimum absolute atomic E-state index is 0.873. The largest absolute Gasteiger partial charge is 0.376 e. The van der Waals surface area contributed by atoms with E-state index in [2.05, 4.69) is 51.4 Å². The van der Waals surface area contributed by atoms with E-state index in [1.165, 1.54) is 82.6 Å². The number of ether oxygens (including phenoxy) is 1. The van der Waals surface area contributed by atoms with Crippen LogP contribution in [0.1, 0.15) is 89.5 Å². The highest BCUT2D eigenvalue weighted by molar-refractivity contribution is 5.13. The Morgan fingerprint density at radius 3 is 1.74 bits per heavy atom. The lowest BCUT2D eigenvalue weighted by Crippen LogP contribution is -2.41. The molecule has 0 aliphatic heterocycles. The maximum absolute atomic E-state index is 5.88. The molecule has 2 nitrogen and oxygen atoms in total. The molecular formula is C25H46NO+. The normalized spacial score (nSPS) is 11.8. The molecule has 0 bridgehead atoms. The first-order valence-electron chi connectivity index (χ1n) is 11.6. The number of rotatable bonds is 18. The molecule has 0 fully saturated rings. The van der Waals surface area contributed by atoms with Gasteiger partial charge in [0.15, 0.2) is 0 Å². The van der Waals surface area contributed by atoms with Crippen LogP contribution in [-0.4, -0.2) is 38.3 Å².